The topological polar surface area (TPSA) is 52.1 Å². The van der Waals surface area contributed by atoms with E-state index in [9.17, 15) is 4.79 Å². The number of aromatic nitrogens is 2. The zero-order valence-corrected chi connectivity index (χ0v) is 8.82. The molecule has 1 aromatic carbocycles. The van der Waals surface area contributed by atoms with Crippen LogP contribution in [0.4, 0.5) is 0 Å². The number of carbonyl (C=O) groups is 1. The Morgan fingerprint density at radius 1 is 1.33 bits per heavy atom. The van der Waals surface area contributed by atoms with Gasteiger partial charge in [0.15, 0.2) is 6.29 Å². The van der Waals surface area contributed by atoms with E-state index in [1.165, 1.54) is 0 Å². The average Bonchev–Trinajstić information content (AvgIpc) is 2.77. The summed E-state index contributed by atoms with van der Waals surface area (Å²) in [5.41, 5.74) is 1.49. The summed E-state index contributed by atoms with van der Waals surface area (Å²) >= 11 is 1.09. The fourth-order valence-electron chi connectivity index (χ4n) is 1.22. The van der Waals surface area contributed by atoms with Crippen molar-refractivity contribution >= 4 is 17.8 Å². The van der Waals surface area contributed by atoms with Gasteiger partial charge >= 0.3 is 0 Å². The molecule has 2 rings (SSSR count). The van der Waals surface area contributed by atoms with Gasteiger partial charge in [0.05, 0.1) is 7.11 Å². The summed E-state index contributed by atoms with van der Waals surface area (Å²) in [5, 5.41) is 3.91. The van der Waals surface area contributed by atoms with Crippen LogP contribution in [0, 0.1) is 0 Å². The lowest BCUT2D eigenvalue weighted by Crippen LogP contribution is -1.85. The first kappa shape index (κ1) is 9.79. The van der Waals surface area contributed by atoms with Gasteiger partial charge in [0.2, 0.25) is 0 Å². The molecule has 5 heteroatoms. The Kier molecular flexibility index (Phi) is 2.73. The first-order chi connectivity index (χ1) is 7.35. The highest BCUT2D eigenvalue weighted by Gasteiger charge is 2.08. The normalized spacial score (nSPS) is 9.93. The fraction of sp³-hybridized carbons (Fsp3) is 0.100. The highest BCUT2D eigenvalue weighted by atomic mass is 32.1. The summed E-state index contributed by atoms with van der Waals surface area (Å²) in [6.07, 6.45) is 0.768. The van der Waals surface area contributed by atoms with Crippen LogP contribution in [0.2, 0.25) is 0 Å². The number of hydrogen-bond acceptors (Lipinski definition) is 5. The van der Waals surface area contributed by atoms with Crippen molar-refractivity contribution in [2.75, 3.05) is 7.11 Å². The first-order valence-corrected chi connectivity index (χ1v) is 5.04. The number of nitrogens with zero attached hydrogens (tertiary/aromatic N) is 2. The number of hydrogen-bond donors (Lipinski definition) is 0. The van der Waals surface area contributed by atoms with E-state index in [0.29, 0.717) is 10.6 Å². The van der Waals surface area contributed by atoms with E-state index in [2.05, 4.69) is 9.59 Å². The number of benzene rings is 1. The minimum atomic E-state index is 0.542. The van der Waals surface area contributed by atoms with Gasteiger partial charge in [-0.25, -0.2) is 0 Å². The molecule has 0 atom stereocenters. The number of rotatable bonds is 3. The molecule has 0 aliphatic rings. The number of methoxy groups -OCH3 is 1. The molecule has 0 aliphatic heterocycles. The average molecular weight is 220 g/mol. The van der Waals surface area contributed by atoms with Gasteiger partial charge in [-0.2, -0.15) is 0 Å². The van der Waals surface area contributed by atoms with E-state index >= 15 is 0 Å². The first-order valence-electron chi connectivity index (χ1n) is 4.27. The molecule has 0 unspecified atom stereocenters. The van der Waals surface area contributed by atoms with Crippen molar-refractivity contribution in [3.8, 4) is 17.0 Å². The molecule has 0 radical (unpaired) electrons. The van der Waals surface area contributed by atoms with Gasteiger partial charge in [-0.15, -0.1) is 5.10 Å². The van der Waals surface area contributed by atoms with Crippen LogP contribution >= 0.6 is 11.5 Å². The molecule has 1 aromatic heterocycles. The van der Waals surface area contributed by atoms with E-state index in [4.69, 9.17) is 4.74 Å². The van der Waals surface area contributed by atoms with Gasteiger partial charge in [-0.1, -0.05) is 4.49 Å². The third kappa shape index (κ3) is 1.87. The maximum Gasteiger partial charge on any atom is 0.163 e. The zero-order valence-electron chi connectivity index (χ0n) is 8.01. The molecule has 4 nitrogen and oxygen atoms in total. The summed E-state index contributed by atoms with van der Waals surface area (Å²) in [5.74, 6) is 0.773. The van der Waals surface area contributed by atoms with Crippen molar-refractivity contribution in [3.63, 3.8) is 0 Å². The molecule has 0 saturated carbocycles. The van der Waals surface area contributed by atoms with Gasteiger partial charge in [0.25, 0.3) is 0 Å². The number of carbonyl (C=O) groups excluding carboxylic acids is 1. The van der Waals surface area contributed by atoms with Crippen molar-refractivity contribution in [2.24, 2.45) is 0 Å². The van der Waals surface area contributed by atoms with Crippen LogP contribution in [0.5, 0.6) is 5.75 Å². The SMILES string of the molecule is COc1ccc(-c2nnsc2C=O)cc1. The monoisotopic (exact) mass is 220 g/mol. The molecular formula is C10H8N2O2S. The van der Waals surface area contributed by atoms with Crippen LogP contribution in [0.1, 0.15) is 9.67 Å². The Hall–Kier alpha value is -1.75. The Morgan fingerprint density at radius 3 is 2.67 bits per heavy atom. The maximum absolute atomic E-state index is 10.7. The van der Waals surface area contributed by atoms with Crippen LogP contribution in [0.3, 0.4) is 0 Å². The standard InChI is InChI=1S/C10H8N2O2S/c1-14-8-4-2-7(3-5-8)10-9(6-13)15-12-11-10/h2-6H,1H3. The van der Waals surface area contributed by atoms with Crippen molar-refractivity contribution in [1.29, 1.82) is 0 Å². The van der Waals surface area contributed by atoms with Crippen LogP contribution in [-0.4, -0.2) is 23.0 Å². The van der Waals surface area contributed by atoms with Crippen LogP contribution in [-0.2, 0) is 0 Å². The second-order valence-electron chi connectivity index (χ2n) is 2.83. The lowest BCUT2D eigenvalue weighted by atomic mass is 10.1. The number of ether oxygens (including phenoxy) is 1. The molecule has 76 valence electrons. The molecule has 0 saturated heterocycles. The Bertz CT molecular complexity index is 465. The predicted molar refractivity (Wildman–Crippen MR) is 57.3 cm³/mol. The lowest BCUT2D eigenvalue weighted by molar-refractivity contribution is 0.112. The quantitative estimate of drug-likeness (QED) is 0.742. The molecule has 0 amide bonds. The van der Waals surface area contributed by atoms with Gasteiger partial charge in [0, 0.05) is 5.56 Å². The number of aldehydes is 1. The molecule has 0 bridgehead atoms. The van der Waals surface area contributed by atoms with E-state index in [-0.39, 0.29) is 0 Å². The second kappa shape index (κ2) is 4.18. The maximum atomic E-state index is 10.7. The highest BCUT2D eigenvalue weighted by molar-refractivity contribution is 7.07. The van der Waals surface area contributed by atoms with Crippen molar-refractivity contribution in [2.45, 2.75) is 0 Å². The van der Waals surface area contributed by atoms with Crippen LogP contribution in [0.15, 0.2) is 24.3 Å². The summed E-state index contributed by atoms with van der Waals surface area (Å²) < 4.78 is 8.78. The molecule has 15 heavy (non-hydrogen) atoms. The second-order valence-corrected chi connectivity index (χ2v) is 3.62. The van der Waals surface area contributed by atoms with Gasteiger partial charge in [-0.05, 0) is 35.8 Å². The van der Waals surface area contributed by atoms with Crippen LogP contribution in [0.25, 0.3) is 11.3 Å². The van der Waals surface area contributed by atoms with Gasteiger partial charge in [-0.3, -0.25) is 4.79 Å². The van der Waals surface area contributed by atoms with Crippen LogP contribution < -0.4 is 4.74 Å². The largest absolute Gasteiger partial charge is 0.497 e. The summed E-state index contributed by atoms with van der Waals surface area (Å²) in [4.78, 5) is 11.2. The fourth-order valence-corrected chi connectivity index (χ4v) is 1.72. The van der Waals surface area contributed by atoms with E-state index in [1.807, 2.05) is 24.3 Å². The smallest absolute Gasteiger partial charge is 0.163 e. The Labute approximate surface area is 90.7 Å². The minimum Gasteiger partial charge on any atom is -0.497 e. The molecule has 0 spiro atoms. The molecule has 0 aliphatic carbocycles. The van der Waals surface area contributed by atoms with Gasteiger partial charge in [0.1, 0.15) is 16.3 Å². The highest BCUT2D eigenvalue weighted by Crippen LogP contribution is 2.24. The third-order valence-corrected chi connectivity index (χ3v) is 2.63. The van der Waals surface area contributed by atoms with Crippen molar-refractivity contribution in [1.82, 2.24) is 9.59 Å². The van der Waals surface area contributed by atoms with E-state index < -0.39 is 0 Å². The molecule has 2 aromatic rings. The summed E-state index contributed by atoms with van der Waals surface area (Å²) in [6, 6.07) is 7.34. The minimum absolute atomic E-state index is 0.542. The van der Waals surface area contributed by atoms with E-state index in [1.54, 1.807) is 7.11 Å². The summed E-state index contributed by atoms with van der Waals surface area (Å²) in [7, 11) is 1.61. The Morgan fingerprint density at radius 2 is 2.07 bits per heavy atom. The third-order valence-electron chi connectivity index (χ3n) is 1.98. The van der Waals surface area contributed by atoms with Gasteiger partial charge < -0.3 is 4.74 Å². The molecular weight excluding hydrogens is 212 g/mol. The molecule has 0 fully saturated rings. The summed E-state index contributed by atoms with van der Waals surface area (Å²) in [6.45, 7) is 0. The molecule has 0 N–H and O–H groups in total. The Balaban J connectivity index is 2.41. The van der Waals surface area contributed by atoms with Crippen molar-refractivity contribution < 1.29 is 9.53 Å². The predicted octanol–water partition coefficient (Wildman–Crippen LogP) is 2.03. The van der Waals surface area contributed by atoms with E-state index in [0.717, 1.165) is 29.1 Å². The lowest BCUT2D eigenvalue weighted by Gasteiger charge is -2.00. The zero-order chi connectivity index (χ0) is 10.7. The van der Waals surface area contributed by atoms with Crippen molar-refractivity contribution in [3.05, 3.63) is 29.1 Å². The molecule has 1 heterocycles.